The van der Waals surface area contributed by atoms with Gasteiger partial charge in [0.2, 0.25) is 11.8 Å². The van der Waals surface area contributed by atoms with Crippen molar-refractivity contribution in [2.45, 2.75) is 31.1 Å². The SMILES string of the molecule is COc1cccc(O)c1C1C2=CCC3C(=O)N(c4ccccc4)C(=O)C3C2CC2C(=O)N(Nc3ccc(C)cc3)C(=O)C21c1ccccc1. The van der Waals surface area contributed by atoms with Crippen LogP contribution in [-0.4, -0.2) is 40.9 Å². The number of imide groups is 2. The van der Waals surface area contributed by atoms with Crippen LogP contribution in [0.15, 0.2) is 115 Å². The van der Waals surface area contributed by atoms with Gasteiger partial charge in [-0.3, -0.25) is 29.5 Å². The second kappa shape index (κ2) is 11.5. The maximum atomic E-state index is 15.3. The van der Waals surface area contributed by atoms with Crippen molar-refractivity contribution in [3.05, 3.63) is 131 Å². The first-order valence-electron chi connectivity index (χ1n) is 16.5. The van der Waals surface area contributed by atoms with Crippen LogP contribution in [0.25, 0.3) is 0 Å². The van der Waals surface area contributed by atoms with Crippen LogP contribution in [0.4, 0.5) is 11.4 Å². The monoisotopic (exact) mass is 653 g/mol. The first-order chi connectivity index (χ1) is 23.8. The van der Waals surface area contributed by atoms with Gasteiger partial charge in [0.1, 0.15) is 11.5 Å². The summed E-state index contributed by atoms with van der Waals surface area (Å²) in [5.41, 5.74) is 5.40. The highest BCUT2D eigenvalue weighted by molar-refractivity contribution is 6.22. The number of ether oxygens (including phenoxy) is 1. The molecule has 9 nitrogen and oxygen atoms in total. The lowest BCUT2D eigenvalue weighted by Gasteiger charge is -2.50. The zero-order valence-corrected chi connectivity index (χ0v) is 27.1. The molecule has 0 aromatic heterocycles. The number of phenols is 1. The molecule has 6 atom stereocenters. The number of para-hydroxylation sites is 1. The summed E-state index contributed by atoms with van der Waals surface area (Å²) in [4.78, 5) is 59.6. The van der Waals surface area contributed by atoms with Crippen molar-refractivity contribution in [1.29, 1.82) is 0 Å². The fraction of sp³-hybridized carbons (Fsp3) is 0.250. The number of carbonyl (C=O) groups excluding carboxylic acids is 4. The average molecular weight is 654 g/mol. The predicted octanol–water partition coefficient (Wildman–Crippen LogP) is 5.90. The number of amides is 4. The van der Waals surface area contributed by atoms with Crippen molar-refractivity contribution >= 4 is 35.0 Å². The Labute approximate surface area is 283 Å². The third-order valence-electron chi connectivity index (χ3n) is 11.0. The Morgan fingerprint density at radius 2 is 1.49 bits per heavy atom. The van der Waals surface area contributed by atoms with E-state index in [1.54, 1.807) is 42.5 Å². The van der Waals surface area contributed by atoms with Crippen molar-refractivity contribution in [3.63, 3.8) is 0 Å². The summed E-state index contributed by atoms with van der Waals surface area (Å²) in [5.74, 6) is -5.00. The van der Waals surface area contributed by atoms with Gasteiger partial charge in [0, 0.05) is 11.5 Å². The number of methoxy groups -OCH3 is 1. The largest absolute Gasteiger partial charge is 0.508 e. The van der Waals surface area contributed by atoms with Gasteiger partial charge >= 0.3 is 0 Å². The number of carbonyl (C=O) groups is 4. The van der Waals surface area contributed by atoms with Gasteiger partial charge in [-0.15, -0.1) is 0 Å². The molecule has 2 saturated heterocycles. The molecule has 6 unspecified atom stereocenters. The van der Waals surface area contributed by atoms with Crippen LogP contribution in [0, 0.1) is 30.6 Å². The fourth-order valence-electron chi connectivity index (χ4n) is 8.89. The molecule has 4 aromatic carbocycles. The smallest absolute Gasteiger partial charge is 0.260 e. The zero-order chi connectivity index (χ0) is 34.0. The van der Waals surface area contributed by atoms with Gasteiger partial charge in [-0.2, -0.15) is 5.01 Å². The summed E-state index contributed by atoms with van der Waals surface area (Å²) in [7, 11) is 1.50. The molecule has 246 valence electrons. The van der Waals surface area contributed by atoms with E-state index in [1.807, 2.05) is 73.7 Å². The molecule has 49 heavy (non-hydrogen) atoms. The Bertz CT molecular complexity index is 2030. The predicted molar refractivity (Wildman–Crippen MR) is 182 cm³/mol. The van der Waals surface area contributed by atoms with Gasteiger partial charge < -0.3 is 9.84 Å². The highest BCUT2D eigenvalue weighted by atomic mass is 16.5. The van der Waals surface area contributed by atoms with Crippen LogP contribution < -0.4 is 15.1 Å². The number of benzene rings is 4. The van der Waals surface area contributed by atoms with Crippen LogP contribution in [0.2, 0.25) is 0 Å². The number of hydrazine groups is 1. The number of aryl methyl sites for hydroxylation is 1. The molecule has 9 heteroatoms. The average Bonchev–Trinajstić information content (AvgIpc) is 3.50. The number of rotatable bonds is 6. The van der Waals surface area contributed by atoms with Gasteiger partial charge in [0.25, 0.3) is 11.8 Å². The van der Waals surface area contributed by atoms with E-state index < -0.39 is 46.8 Å². The zero-order valence-electron chi connectivity index (χ0n) is 27.1. The summed E-state index contributed by atoms with van der Waals surface area (Å²) in [5, 5.41) is 12.7. The Balaban J connectivity index is 1.35. The number of nitrogens with zero attached hydrogens (tertiary/aromatic N) is 2. The van der Waals surface area contributed by atoms with Crippen molar-refractivity contribution in [2.75, 3.05) is 17.4 Å². The number of aromatic hydroxyl groups is 1. The van der Waals surface area contributed by atoms with Crippen LogP contribution in [-0.2, 0) is 24.6 Å². The number of nitrogens with one attached hydrogen (secondary N) is 1. The van der Waals surface area contributed by atoms with Gasteiger partial charge in [-0.05, 0) is 67.6 Å². The molecule has 0 spiro atoms. The quantitative estimate of drug-likeness (QED) is 0.197. The molecule has 8 rings (SSSR count). The van der Waals surface area contributed by atoms with Gasteiger partial charge in [-0.1, -0.05) is 83.9 Å². The summed E-state index contributed by atoms with van der Waals surface area (Å²) < 4.78 is 5.84. The highest BCUT2D eigenvalue weighted by Gasteiger charge is 2.71. The van der Waals surface area contributed by atoms with Crippen LogP contribution >= 0.6 is 0 Å². The Kier molecular flexibility index (Phi) is 7.17. The standard InChI is InChI=1S/C40H35N3O6/c1-23-16-18-25(19-17-23)41-43-37(46)30-22-29-27(20-21-28-33(29)38(47)42(36(28)45)26-12-7-4-8-13-26)35(34-31(44)14-9-15-32(34)49-2)40(30,39(43)48)24-10-5-3-6-11-24/h3-20,28-30,33,35,41,44H,21-22H2,1-2H3. The van der Waals surface area contributed by atoms with E-state index in [-0.39, 0.29) is 30.4 Å². The minimum absolute atomic E-state index is 0.0907. The van der Waals surface area contributed by atoms with Crippen molar-refractivity contribution in [2.24, 2.45) is 23.7 Å². The number of fused-ring (bicyclic) bond motifs is 4. The molecule has 2 heterocycles. The number of hydrogen-bond donors (Lipinski definition) is 2. The van der Waals surface area contributed by atoms with E-state index in [0.717, 1.165) is 16.1 Å². The molecule has 2 aliphatic heterocycles. The highest BCUT2D eigenvalue weighted by Crippen LogP contribution is 2.66. The van der Waals surface area contributed by atoms with E-state index in [0.29, 0.717) is 28.3 Å². The lowest BCUT2D eigenvalue weighted by molar-refractivity contribution is -0.138. The third-order valence-corrected chi connectivity index (χ3v) is 11.0. The van der Waals surface area contributed by atoms with Crippen LogP contribution in [0.1, 0.15) is 35.4 Å². The first-order valence-corrected chi connectivity index (χ1v) is 16.5. The maximum absolute atomic E-state index is 15.3. The lowest BCUT2D eigenvalue weighted by Crippen LogP contribution is -2.53. The topological polar surface area (TPSA) is 116 Å². The summed E-state index contributed by atoms with van der Waals surface area (Å²) >= 11 is 0. The molecule has 4 amide bonds. The first kappa shape index (κ1) is 30.6. The second-order valence-corrected chi connectivity index (χ2v) is 13.3. The third kappa shape index (κ3) is 4.38. The van der Waals surface area contributed by atoms with Crippen LogP contribution in [0.5, 0.6) is 11.5 Å². The number of phenolic OH excluding ortho intramolecular Hbond substituents is 1. The lowest BCUT2D eigenvalue weighted by atomic mass is 9.49. The summed E-state index contributed by atoms with van der Waals surface area (Å²) in [6.07, 6.45) is 2.41. The summed E-state index contributed by atoms with van der Waals surface area (Å²) in [6.45, 7) is 1.95. The van der Waals surface area contributed by atoms with Gasteiger partial charge in [0.15, 0.2) is 0 Å². The molecule has 4 aromatic rings. The van der Waals surface area contributed by atoms with Crippen molar-refractivity contribution in [1.82, 2.24) is 5.01 Å². The normalized spacial score (nSPS) is 27.4. The van der Waals surface area contributed by atoms with Gasteiger partial charge in [0.05, 0.1) is 41.7 Å². The van der Waals surface area contributed by atoms with E-state index in [4.69, 9.17) is 4.74 Å². The van der Waals surface area contributed by atoms with Crippen LogP contribution in [0.3, 0.4) is 0 Å². The molecular formula is C40H35N3O6. The van der Waals surface area contributed by atoms with Crippen molar-refractivity contribution in [3.8, 4) is 11.5 Å². The molecule has 4 aliphatic rings. The van der Waals surface area contributed by atoms with Crippen molar-refractivity contribution < 1.29 is 29.0 Å². The summed E-state index contributed by atoms with van der Waals surface area (Å²) in [6, 6.07) is 30.5. The molecule has 0 radical (unpaired) electrons. The Hall–Kier alpha value is -5.70. The Morgan fingerprint density at radius 3 is 2.18 bits per heavy atom. The number of allylic oxidation sites excluding steroid dienone is 2. The molecule has 2 N–H and O–H groups in total. The van der Waals surface area contributed by atoms with E-state index >= 15 is 4.79 Å². The number of anilines is 2. The minimum atomic E-state index is -1.51. The molecule has 0 bridgehead atoms. The maximum Gasteiger partial charge on any atom is 0.260 e. The number of hydrogen-bond acceptors (Lipinski definition) is 7. The van der Waals surface area contributed by atoms with Gasteiger partial charge in [-0.25, -0.2) is 0 Å². The van der Waals surface area contributed by atoms with E-state index in [1.165, 1.54) is 12.0 Å². The Morgan fingerprint density at radius 1 is 0.796 bits per heavy atom. The molecule has 3 fully saturated rings. The van der Waals surface area contributed by atoms with E-state index in [2.05, 4.69) is 5.43 Å². The minimum Gasteiger partial charge on any atom is -0.508 e. The second-order valence-electron chi connectivity index (χ2n) is 13.3. The fourth-order valence-corrected chi connectivity index (χ4v) is 8.89. The molecule has 2 aliphatic carbocycles. The molecule has 1 saturated carbocycles. The molecular weight excluding hydrogens is 618 g/mol. The van der Waals surface area contributed by atoms with E-state index in [9.17, 15) is 19.5 Å².